The molecular formula is C15H22O2. The fourth-order valence-electron chi connectivity index (χ4n) is 2.70. The summed E-state index contributed by atoms with van der Waals surface area (Å²) in [5, 5.41) is 9.74. The van der Waals surface area contributed by atoms with Gasteiger partial charge in [-0.05, 0) is 43.4 Å². The molecule has 0 bridgehead atoms. The van der Waals surface area contributed by atoms with Gasteiger partial charge in [0.1, 0.15) is 11.5 Å². The van der Waals surface area contributed by atoms with Crippen molar-refractivity contribution >= 4 is 0 Å². The van der Waals surface area contributed by atoms with Crippen LogP contribution in [0.4, 0.5) is 0 Å². The van der Waals surface area contributed by atoms with Crippen LogP contribution >= 0.6 is 0 Å². The molecule has 1 aliphatic carbocycles. The molecule has 1 aromatic rings. The summed E-state index contributed by atoms with van der Waals surface area (Å²) in [4.78, 5) is 0. The Morgan fingerprint density at radius 1 is 1.12 bits per heavy atom. The first-order valence-corrected chi connectivity index (χ1v) is 6.76. The van der Waals surface area contributed by atoms with Gasteiger partial charge in [0, 0.05) is 6.07 Å². The molecule has 0 atom stereocenters. The van der Waals surface area contributed by atoms with Gasteiger partial charge in [-0.15, -0.1) is 0 Å². The van der Waals surface area contributed by atoms with Crippen LogP contribution in [0.2, 0.25) is 0 Å². The first-order chi connectivity index (χ1) is 8.29. The predicted molar refractivity (Wildman–Crippen MR) is 69.7 cm³/mol. The monoisotopic (exact) mass is 234 g/mol. The van der Waals surface area contributed by atoms with E-state index < -0.39 is 0 Å². The Morgan fingerprint density at radius 2 is 1.82 bits per heavy atom. The van der Waals surface area contributed by atoms with Crippen LogP contribution in [0.25, 0.3) is 0 Å². The van der Waals surface area contributed by atoms with E-state index in [0.29, 0.717) is 18.3 Å². The van der Waals surface area contributed by atoms with E-state index in [0.717, 1.165) is 5.75 Å². The van der Waals surface area contributed by atoms with Crippen LogP contribution in [0.15, 0.2) is 18.2 Å². The summed E-state index contributed by atoms with van der Waals surface area (Å²) in [6, 6.07) is 5.70. The lowest BCUT2D eigenvalue weighted by atomic mass is 9.91. The zero-order chi connectivity index (χ0) is 12.1. The molecule has 0 aliphatic heterocycles. The number of hydrogen-bond donors (Lipinski definition) is 1. The van der Waals surface area contributed by atoms with Crippen molar-refractivity contribution in [3.63, 3.8) is 0 Å². The molecule has 0 radical (unpaired) electrons. The average Bonchev–Trinajstić information content (AvgIpc) is 2.57. The minimum absolute atomic E-state index is 0.329. The minimum atomic E-state index is 0.329. The van der Waals surface area contributed by atoms with Gasteiger partial charge in [-0.25, -0.2) is 0 Å². The summed E-state index contributed by atoms with van der Waals surface area (Å²) in [6.07, 6.45) is 7.82. The van der Waals surface area contributed by atoms with Crippen LogP contribution < -0.4 is 4.74 Å². The maximum atomic E-state index is 9.74. The standard InChI is InChI=1S/C15H22O2/c1-2-17-15-10-13(9-14(16)11-15)12-7-5-3-4-6-8-12/h9-12,16H,2-8H2,1H3. The first-order valence-electron chi connectivity index (χ1n) is 6.76. The zero-order valence-corrected chi connectivity index (χ0v) is 10.6. The third kappa shape index (κ3) is 3.39. The second kappa shape index (κ2) is 5.95. The second-order valence-electron chi connectivity index (χ2n) is 4.88. The van der Waals surface area contributed by atoms with E-state index in [1.165, 1.54) is 44.1 Å². The third-order valence-corrected chi connectivity index (χ3v) is 3.55. The Hall–Kier alpha value is -1.18. The van der Waals surface area contributed by atoms with Crippen molar-refractivity contribution in [1.29, 1.82) is 0 Å². The number of ether oxygens (including phenoxy) is 1. The lowest BCUT2D eigenvalue weighted by Gasteiger charge is -2.16. The lowest BCUT2D eigenvalue weighted by Crippen LogP contribution is -1.99. The van der Waals surface area contributed by atoms with Crippen LogP contribution in [0.5, 0.6) is 11.5 Å². The van der Waals surface area contributed by atoms with E-state index >= 15 is 0 Å². The number of rotatable bonds is 3. The van der Waals surface area contributed by atoms with Crippen LogP contribution in [0.1, 0.15) is 56.9 Å². The summed E-state index contributed by atoms with van der Waals surface area (Å²) in [5.41, 5.74) is 1.25. The number of phenols is 1. The molecule has 1 fully saturated rings. The van der Waals surface area contributed by atoms with E-state index in [-0.39, 0.29) is 0 Å². The molecular weight excluding hydrogens is 212 g/mol. The Kier molecular flexibility index (Phi) is 4.29. The fourth-order valence-corrected chi connectivity index (χ4v) is 2.70. The molecule has 1 saturated carbocycles. The van der Waals surface area contributed by atoms with Crippen LogP contribution in [-0.2, 0) is 0 Å². The quantitative estimate of drug-likeness (QED) is 0.793. The van der Waals surface area contributed by atoms with Gasteiger partial charge in [0.25, 0.3) is 0 Å². The van der Waals surface area contributed by atoms with Gasteiger partial charge in [0.2, 0.25) is 0 Å². The Morgan fingerprint density at radius 3 is 2.47 bits per heavy atom. The van der Waals surface area contributed by atoms with E-state index in [9.17, 15) is 5.11 Å². The maximum absolute atomic E-state index is 9.74. The van der Waals surface area contributed by atoms with Crippen molar-refractivity contribution in [2.24, 2.45) is 0 Å². The molecule has 2 rings (SSSR count). The number of phenolic OH excluding ortho intramolecular Hbond substituents is 1. The van der Waals surface area contributed by atoms with E-state index in [1.54, 1.807) is 6.07 Å². The smallest absolute Gasteiger partial charge is 0.123 e. The molecule has 2 nitrogen and oxygen atoms in total. The molecule has 0 amide bonds. The van der Waals surface area contributed by atoms with Gasteiger partial charge in [0.15, 0.2) is 0 Å². The lowest BCUT2D eigenvalue weighted by molar-refractivity contribution is 0.336. The summed E-state index contributed by atoms with van der Waals surface area (Å²) in [6.45, 7) is 2.61. The van der Waals surface area contributed by atoms with E-state index in [4.69, 9.17) is 4.74 Å². The van der Waals surface area contributed by atoms with Gasteiger partial charge in [-0.3, -0.25) is 0 Å². The number of hydrogen-bond acceptors (Lipinski definition) is 2. The molecule has 1 N–H and O–H groups in total. The topological polar surface area (TPSA) is 29.5 Å². The normalized spacial score (nSPS) is 17.7. The Balaban J connectivity index is 2.17. The van der Waals surface area contributed by atoms with Crippen LogP contribution in [0, 0.1) is 0 Å². The van der Waals surface area contributed by atoms with Gasteiger partial charge < -0.3 is 9.84 Å². The molecule has 0 unspecified atom stereocenters. The summed E-state index contributed by atoms with van der Waals surface area (Å²) in [5.74, 6) is 1.73. The highest BCUT2D eigenvalue weighted by Gasteiger charge is 2.15. The van der Waals surface area contributed by atoms with Gasteiger partial charge >= 0.3 is 0 Å². The Labute approximate surface area is 104 Å². The van der Waals surface area contributed by atoms with Crippen LogP contribution in [-0.4, -0.2) is 11.7 Å². The highest BCUT2D eigenvalue weighted by atomic mass is 16.5. The second-order valence-corrected chi connectivity index (χ2v) is 4.88. The average molecular weight is 234 g/mol. The summed E-state index contributed by atoms with van der Waals surface area (Å²) in [7, 11) is 0. The summed E-state index contributed by atoms with van der Waals surface area (Å²) >= 11 is 0. The molecule has 0 spiro atoms. The molecule has 0 saturated heterocycles. The third-order valence-electron chi connectivity index (χ3n) is 3.55. The summed E-state index contributed by atoms with van der Waals surface area (Å²) < 4.78 is 5.49. The van der Waals surface area contributed by atoms with Crippen LogP contribution in [0.3, 0.4) is 0 Å². The van der Waals surface area contributed by atoms with Gasteiger partial charge in [-0.1, -0.05) is 25.7 Å². The number of aromatic hydroxyl groups is 1. The molecule has 94 valence electrons. The van der Waals surface area contributed by atoms with Crippen molar-refractivity contribution in [2.75, 3.05) is 6.61 Å². The minimum Gasteiger partial charge on any atom is -0.508 e. The SMILES string of the molecule is CCOc1cc(O)cc(C2CCCCCC2)c1. The Bertz CT molecular complexity index is 352. The van der Waals surface area contributed by atoms with Crippen molar-refractivity contribution in [1.82, 2.24) is 0 Å². The zero-order valence-electron chi connectivity index (χ0n) is 10.6. The van der Waals surface area contributed by atoms with Crippen molar-refractivity contribution < 1.29 is 9.84 Å². The van der Waals surface area contributed by atoms with E-state index in [2.05, 4.69) is 6.07 Å². The van der Waals surface area contributed by atoms with Crippen molar-refractivity contribution in [3.8, 4) is 11.5 Å². The van der Waals surface area contributed by atoms with Gasteiger partial charge in [-0.2, -0.15) is 0 Å². The maximum Gasteiger partial charge on any atom is 0.123 e. The van der Waals surface area contributed by atoms with Crippen molar-refractivity contribution in [3.05, 3.63) is 23.8 Å². The molecule has 1 aromatic carbocycles. The highest BCUT2D eigenvalue weighted by Crippen LogP contribution is 2.35. The largest absolute Gasteiger partial charge is 0.508 e. The molecule has 0 aromatic heterocycles. The molecule has 0 heterocycles. The number of benzene rings is 1. The molecule has 17 heavy (non-hydrogen) atoms. The predicted octanol–water partition coefficient (Wildman–Crippen LogP) is 4.23. The van der Waals surface area contributed by atoms with Gasteiger partial charge in [0.05, 0.1) is 6.61 Å². The molecule has 2 heteroatoms. The van der Waals surface area contributed by atoms with Crippen molar-refractivity contribution in [2.45, 2.75) is 51.4 Å². The fraction of sp³-hybridized carbons (Fsp3) is 0.600. The first kappa shape index (κ1) is 12.3. The highest BCUT2D eigenvalue weighted by molar-refractivity contribution is 5.39. The molecule has 1 aliphatic rings. The van der Waals surface area contributed by atoms with E-state index in [1.807, 2.05) is 13.0 Å².